The van der Waals surface area contributed by atoms with Crippen LogP contribution < -0.4 is 5.32 Å². The summed E-state index contributed by atoms with van der Waals surface area (Å²) in [6.45, 7) is 2.00. The Hall–Kier alpha value is -3.71. The monoisotopic (exact) mass is 449 g/mol. The fraction of sp³-hybridized carbons (Fsp3) is 0.231. The molecule has 0 spiro atoms. The number of phenols is 1. The number of carbonyl (C=O) groups excluding carboxylic acids is 2. The minimum absolute atomic E-state index is 0.0331. The quantitative estimate of drug-likeness (QED) is 0.467. The van der Waals surface area contributed by atoms with Gasteiger partial charge in [-0.25, -0.2) is 9.18 Å². The lowest BCUT2D eigenvalue weighted by Crippen LogP contribution is -2.46. The predicted molar refractivity (Wildman–Crippen MR) is 120 cm³/mol. The van der Waals surface area contributed by atoms with Crippen LogP contribution in [0, 0.1) is 5.82 Å². The van der Waals surface area contributed by atoms with Crippen molar-refractivity contribution < 1.29 is 28.9 Å². The summed E-state index contributed by atoms with van der Waals surface area (Å²) < 4.78 is 18.8. The maximum atomic E-state index is 13.8. The number of anilines is 1. The van der Waals surface area contributed by atoms with Crippen LogP contribution in [0.2, 0.25) is 0 Å². The van der Waals surface area contributed by atoms with Gasteiger partial charge in [0.2, 0.25) is 0 Å². The number of carbonyl (C=O) groups is 2. The SMILES string of the molecule is CC(CC(O)(Cc1cc(F)ccc1O)C(=O)Nc1ccc2c(c1)COC2=O)c1ccccc1. The highest BCUT2D eigenvalue weighted by Gasteiger charge is 2.39. The predicted octanol–water partition coefficient (Wildman–Crippen LogP) is 4.31. The molecule has 2 unspecified atom stereocenters. The molecule has 3 aromatic carbocycles. The van der Waals surface area contributed by atoms with Crippen LogP contribution in [0.25, 0.3) is 0 Å². The van der Waals surface area contributed by atoms with Gasteiger partial charge >= 0.3 is 5.97 Å². The van der Waals surface area contributed by atoms with Crippen LogP contribution in [0.4, 0.5) is 10.1 Å². The molecule has 1 amide bonds. The van der Waals surface area contributed by atoms with E-state index in [2.05, 4.69) is 5.32 Å². The molecule has 2 atom stereocenters. The van der Waals surface area contributed by atoms with Crippen molar-refractivity contribution in [1.82, 2.24) is 0 Å². The van der Waals surface area contributed by atoms with E-state index >= 15 is 0 Å². The van der Waals surface area contributed by atoms with E-state index in [0.717, 1.165) is 17.7 Å². The van der Waals surface area contributed by atoms with Crippen molar-refractivity contribution in [2.24, 2.45) is 0 Å². The average molecular weight is 449 g/mol. The van der Waals surface area contributed by atoms with Gasteiger partial charge in [-0.2, -0.15) is 0 Å². The maximum absolute atomic E-state index is 13.8. The smallest absolute Gasteiger partial charge is 0.338 e. The molecule has 1 aliphatic rings. The number of hydrogen-bond donors (Lipinski definition) is 3. The number of phenolic OH excluding ortho intramolecular Hbond substituents is 1. The number of cyclic esters (lactones) is 1. The molecule has 0 aromatic heterocycles. The number of halogens is 1. The Morgan fingerprint density at radius 3 is 2.67 bits per heavy atom. The molecule has 0 bridgehead atoms. The van der Waals surface area contributed by atoms with E-state index < -0.39 is 23.3 Å². The van der Waals surface area contributed by atoms with Gasteiger partial charge in [-0.05, 0) is 54.3 Å². The fourth-order valence-electron chi connectivity index (χ4n) is 4.12. The Balaban J connectivity index is 1.63. The molecule has 0 saturated heterocycles. The number of benzene rings is 3. The first-order chi connectivity index (χ1) is 15.7. The lowest BCUT2D eigenvalue weighted by molar-refractivity contribution is -0.135. The highest BCUT2D eigenvalue weighted by Crippen LogP contribution is 2.33. The van der Waals surface area contributed by atoms with Crippen LogP contribution in [0.15, 0.2) is 66.7 Å². The standard InChI is InChI=1S/C26H24FNO5/c1-16(17-5-3-2-4-6-17)13-26(32,14-18-11-20(27)7-10-23(18)29)25(31)28-21-8-9-22-19(12-21)15-33-24(22)30/h2-12,16,29,32H,13-15H2,1H3,(H,28,31). The number of aromatic hydroxyl groups is 1. The van der Waals surface area contributed by atoms with Crippen molar-refractivity contribution in [3.05, 3.63) is 94.8 Å². The molecule has 170 valence electrons. The van der Waals surface area contributed by atoms with Gasteiger partial charge in [0.05, 0.1) is 5.56 Å². The summed E-state index contributed by atoms with van der Waals surface area (Å²) in [5, 5.41) is 24.5. The van der Waals surface area contributed by atoms with Crippen molar-refractivity contribution in [3.63, 3.8) is 0 Å². The molecule has 3 aromatic rings. The highest BCUT2D eigenvalue weighted by atomic mass is 19.1. The second-order valence-corrected chi connectivity index (χ2v) is 8.40. The normalized spacial score (nSPS) is 15.3. The zero-order valence-corrected chi connectivity index (χ0v) is 18.0. The van der Waals surface area contributed by atoms with E-state index in [4.69, 9.17) is 4.74 Å². The van der Waals surface area contributed by atoms with E-state index in [-0.39, 0.29) is 36.7 Å². The van der Waals surface area contributed by atoms with Crippen molar-refractivity contribution in [3.8, 4) is 5.75 Å². The summed E-state index contributed by atoms with van der Waals surface area (Å²) in [4.78, 5) is 25.0. The average Bonchev–Trinajstić information content (AvgIpc) is 3.16. The highest BCUT2D eigenvalue weighted by molar-refractivity contribution is 5.99. The second-order valence-electron chi connectivity index (χ2n) is 8.40. The van der Waals surface area contributed by atoms with Gasteiger partial charge in [-0.3, -0.25) is 4.79 Å². The molecule has 7 heteroatoms. The van der Waals surface area contributed by atoms with Crippen LogP contribution in [-0.2, 0) is 22.6 Å². The first-order valence-electron chi connectivity index (χ1n) is 10.6. The molecule has 1 heterocycles. The molecule has 0 saturated carbocycles. The van der Waals surface area contributed by atoms with Crippen LogP contribution in [0.3, 0.4) is 0 Å². The second kappa shape index (κ2) is 9.03. The van der Waals surface area contributed by atoms with Crippen LogP contribution in [0.1, 0.15) is 46.3 Å². The first kappa shape index (κ1) is 22.5. The third-order valence-corrected chi connectivity index (χ3v) is 5.90. The topological polar surface area (TPSA) is 95.9 Å². The third kappa shape index (κ3) is 4.88. The van der Waals surface area contributed by atoms with E-state index in [1.165, 1.54) is 6.07 Å². The van der Waals surface area contributed by atoms with Crippen LogP contribution in [0.5, 0.6) is 5.75 Å². The van der Waals surface area contributed by atoms with Gasteiger partial charge in [-0.15, -0.1) is 0 Å². The first-order valence-corrected chi connectivity index (χ1v) is 10.6. The number of hydrogen-bond acceptors (Lipinski definition) is 5. The molecular formula is C26H24FNO5. The fourth-order valence-corrected chi connectivity index (χ4v) is 4.12. The summed E-state index contributed by atoms with van der Waals surface area (Å²) >= 11 is 0. The molecule has 1 aliphatic heterocycles. The van der Waals surface area contributed by atoms with E-state index in [0.29, 0.717) is 16.8 Å². The number of ether oxygens (including phenoxy) is 1. The van der Waals surface area contributed by atoms with Crippen LogP contribution >= 0.6 is 0 Å². The van der Waals surface area contributed by atoms with Gasteiger partial charge in [-0.1, -0.05) is 37.3 Å². The van der Waals surface area contributed by atoms with Gasteiger partial charge < -0.3 is 20.3 Å². The van der Waals surface area contributed by atoms with Gasteiger partial charge in [0, 0.05) is 23.2 Å². The number of fused-ring (bicyclic) bond motifs is 1. The van der Waals surface area contributed by atoms with Gasteiger partial charge in [0.15, 0.2) is 0 Å². The molecule has 0 radical (unpaired) electrons. The number of amides is 1. The van der Waals surface area contributed by atoms with Gasteiger partial charge in [0.25, 0.3) is 5.91 Å². The van der Waals surface area contributed by atoms with Crippen molar-refractivity contribution in [1.29, 1.82) is 0 Å². The Bertz CT molecular complexity index is 1200. The largest absolute Gasteiger partial charge is 0.508 e. The zero-order valence-electron chi connectivity index (χ0n) is 18.0. The van der Waals surface area contributed by atoms with Gasteiger partial charge in [0.1, 0.15) is 23.8 Å². The summed E-state index contributed by atoms with van der Waals surface area (Å²) in [6, 6.07) is 17.6. The molecular weight excluding hydrogens is 425 g/mol. The zero-order chi connectivity index (χ0) is 23.6. The maximum Gasteiger partial charge on any atom is 0.338 e. The number of nitrogens with one attached hydrogen (secondary N) is 1. The lowest BCUT2D eigenvalue weighted by atomic mass is 9.82. The van der Waals surface area contributed by atoms with E-state index in [1.54, 1.807) is 18.2 Å². The number of rotatable bonds is 7. The van der Waals surface area contributed by atoms with Crippen molar-refractivity contribution >= 4 is 17.6 Å². The Morgan fingerprint density at radius 1 is 1.15 bits per heavy atom. The molecule has 3 N–H and O–H groups in total. The Morgan fingerprint density at radius 2 is 1.91 bits per heavy atom. The summed E-state index contributed by atoms with van der Waals surface area (Å²) in [5.74, 6) is -2.10. The summed E-state index contributed by atoms with van der Waals surface area (Å²) in [7, 11) is 0. The summed E-state index contributed by atoms with van der Waals surface area (Å²) in [6.07, 6.45) is -0.253. The Kier molecular flexibility index (Phi) is 6.16. The minimum atomic E-state index is -1.95. The van der Waals surface area contributed by atoms with Crippen molar-refractivity contribution in [2.75, 3.05) is 5.32 Å². The molecule has 0 aliphatic carbocycles. The summed E-state index contributed by atoms with van der Waals surface area (Å²) in [5.41, 5.74) is 0.575. The number of esters is 1. The molecule has 33 heavy (non-hydrogen) atoms. The van der Waals surface area contributed by atoms with E-state index in [9.17, 15) is 24.2 Å². The molecule has 4 rings (SSSR count). The third-order valence-electron chi connectivity index (χ3n) is 5.90. The molecule has 0 fully saturated rings. The van der Waals surface area contributed by atoms with Crippen molar-refractivity contribution in [2.45, 2.75) is 37.9 Å². The van der Waals surface area contributed by atoms with Crippen LogP contribution in [-0.4, -0.2) is 27.7 Å². The lowest BCUT2D eigenvalue weighted by Gasteiger charge is -2.30. The minimum Gasteiger partial charge on any atom is -0.508 e. The Labute approximate surface area is 190 Å². The molecule has 6 nitrogen and oxygen atoms in total. The number of aliphatic hydroxyl groups is 1. The van der Waals surface area contributed by atoms with E-state index in [1.807, 2.05) is 37.3 Å².